The van der Waals surface area contributed by atoms with Crippen LogP contribution < -0.4 is 0 Å². The van der Waals surface area contributed by atoms with E-state index in [1.807, 2.05) is 0 Å². The Kier molecular flexibility index (Phi) is 3.05. The predicted octanol–water partition coefficient (Wildman–Crippen LogP) is 3.50. The summed E-state index contributed by atoms with van der Waals surface area (Å²) in [7, 11) is 0. The van der Waals surface area contributed by atoms with Gasteiger partial charge in [0.25, 0.3) is 0 Å². The number of hydrogen-bond acceptors (Lipinski definition) is 3. The van der Waals surface area contributed by atoms with Crippen molar-refractivity contribution in [1.82, 2.24) is 15.0 Å². The second-order valence-corrected chi connectivity index (χ2v) is 3.85. The number of pyridine rings is 1. The highest BCUT2D eigenvalue weighted by Gasteiger charge is 2.09. The third-order valence-electron chi connectivity index (χ3n) is 1.63. The summed E-state index contributed by atoms with van der Waals surface area (Å²) in [5.41, 5.74) is 0.462. The molecule has 6 heteroatoms. The van der Waals surface area contributed by atoms with Gasteiger partial charge in [0.05, 0.1) is 5.02 Å². The molecule has 2 heterocycles. The maximum absolute atomic E-state index is 5.93. The highest BCUT2D eigenvalue weighted by Crippen LogP contribution is 2.24. The van der Waals surface area contributed by atoms with Crippen LogP contribution in [0.25, 0.3) is 11.5 Å². The van der Waals surface area contributed by atoms with Crippen LogP contribution in [0.1, 0.15) is 0 Å². The van der Waals surface area contributed by atoms with Crippen LogP contribution in [0.15, 0.2) is 24.4 Å². The molecule has 3 nitrogen and oxygen atoms in total. The molecule has 0 fully saturated rings. The summed E-state index contributed by atoms with van der Waals surface area (Å²) in [5.74, 6) is 0.318. The fourth-order valence-corrected chi connectivity index (χ4v) is 1.68. The zero-order valence-electron chi connectivity index (χ0n) is 7.28. The van der Waals surface area contributed by atoms with Crippen molar-refractivity contribution in [2.45, 2.75) is 0 Å². The third-order valence-corrected chi connectivity index (χ3v) is 2.33. The molecule has 0 unspecified atom stereocenters. The van der Waals surface area contributed by atoms with Gasteiger partial charge in [-0.2, -0.15) is 0 Å². The monoisotopic (exact) mass is 259 g/mol. The van der Waals surface area contributed by atoms with Crippen molar-refractivity contribution in [1.29, 1.82) is 0 Å². The SMILES string of the molecule is Clc1cc(Cl)nc(-c2ncccc2Cl)n1. The number of rotatable bonds is 1. The molecule has 2 rings (SSSR count). The molecule has 0 aromatic carbocycles. The lowest BCUT2D eigenvalue weighted by Crippen LogP contribution is -1.93. The second-order valence-electron chi connectivity index (χ2n) is 2.67. The normalized spacial score (nSPS) is 10.3. The van der Waals surface area contributed by atoms with E-state index in [1.165, 1.54) is 6.07 Å². The smallest absolute Gasteiger partial charge is 0.182 e. The maximum atomic E-state index is 5.93. The molecular weight excluding hydrogens is 256 g/mol. The van der Waals surface area contributed by atoms with Crippen LogP contribution in [-0.2, 0) is 0 Å². The number of halogens is 3. The van der Waals surface area contributed by atoms with Crippen LogP contribution in [0.5, 0.6) is 0 Å². The van der Waals surface area contributed by atoms with Gasteiger partial charge in [-0.05, 0) is 12.1 Å². The van der Waals surface area contributed by atoms with E-state index >= 15 is 0 Å². The summed E-state index contributed by atoms with van der Waals surface area (Å²) < 4.78 is 0. The van der Waals surface area contributed by atoms with Gasteiger partial charge in [-0.3, -0.25) is 4.98 Å². The largest absolute Gasteiger partial charge is 0.251 e. The Labute approximate surface area is 101 Å². The van der Waals surface area contributed by atoms with Gasteiger partial charge >= 0.3 is 0 Å². The van der Waals surface area contributed by atoms with Gasteiger partial charge in [-0.25, -0.2) is 9.97 Å². The van der Waals surface area contributed by atoms with Crippen LogP contribution in [0.4, 0.5) is 0 Å². The molecule has 0 aliphatic heterocycles. The average molecular weight is 261 g/mol. The van der Waals surface area contributed by atoms with Crippen molar-refractivity contribution in [3.63, 3.8) is 0 Å². The molecule has 0 N–H and O–H groups in total. The number of aromatic nitrogens is 3. The summed E-state index contributed by atoms with van der Waals surface area (Å²) >= 11 is 17.4. The Morgan fingerprint density at radius 1 is 1.00 bits per heavy atom. The first-order valence-corrected chi connectivity index (χ1v) is 5.11. The molecule has 15 heavy (non-hydrogen) atoms. The Bertz CT molecular complexity index is 481. The van der Waals surface area contributed by atoms with Crippen LogP contribution in [-0.4, -0.2) is 15.0 Å². The van der Waals surface area contributed by atoms with Gasteiger partial charge in [0.2, 0.25) is 0 Å². The van der Waals surface area contributed by atoms with Crippen LogP contribution in [0, 0.1) is 0 Å². The van der Waals surface area contributed by atoms with Crippen molar-refractivity contribution in [3.8, 4) is 11.5 Å². The Hall–Kier alpha value is -0.900. The molecule has 0 aliphatic rings. The lowest BCUT2D eigenvalue weighted by molar-refractivity contribution is 1.14. The minimum Gasteiger partial charge on any atom is -0.251 e. The predicted molar refractivity (Wildman–Crippen MR) is 60.3 cm³/mol. The fourth-order valence-electron chi connectivity index (χ4n) is 1.05. The number of hydrogen-bond donors (Lipinski definition) is 0. The molecular formula is C9H4Cl3N3. The first-order chi connectivity index (χ1) is 7.16. The van der Waals surface area contributed by atoms with E-state index in [2.05, 4.69) is 15.0 Å². The van der Waals surface area contributed by atoms with Crippen LogP contribution >= 0.6 is 34.8 Å². The molecule has 0 saturated carbocycles. The van der Waals surface area contributed by atoms with Crippen molar-refractivity contribution in [3.05, 3.63) is 39.7 Å². The Morgan fingerprint density at radius 3 is 2.27 bits per heavy atom. The van der Waals surface area contributed by atoms with Crippen molar-refractivity contribution in [2.24, 2.45) is 0 Å². The van der Waals surface area contributed by atoms with Crippen molar-refractivity contribution < 1.29 is 0 Å². The van der Waals surface area contributed by atoms with E-state index in [1.54, 1.807) is 18.3 Å². The van der Waals surface area contributed by atoms with Gasteiger partial charge < -0.3 is 0 Å². The topological polar surface area (TPSA) is 38.7 Å². The highest BCUT2D eigenvalue weighted by molar-refractivity contribution is 6.34. The minimum absolute atomic E-state index is 0.256. The summed E-state index contributed by atoms with van der Waals surface area (Å²) in [6, 6.07) is 4.86. The molecule has 0 radical (unpaired) electrons. The quantitative estimate of drug-likeness (QED) is 0.737. The molecule has 0 aliphatic carbocycles. The van der Waals surface area contributed by atoms with E-state index in [0.29, 0.717) is 16.5 Å². The molecule has 2 aromatic rings. The molecule has 76 valence electrons. The minimum atomic E-state index is 0.256. The summed E-state index contributed by atoms with van der Waals surface area (Å²) in [5, 5.41) is 0.967. The molecule has 0 bridgehead atoms. The maximum Gasteiger partial charge on any atom is 0.182 e. The van der Waals surface area contributed by atoms with Crippen LogP contribution in [0.3, 0.4) is 0 Å². The van der Waals surface area contributed by atoms with E-state index in [-0.39, 0.29) is 10.3 Å². The highest BCUT2D eigenvalue weighted by atomic mass is 35.5. The molecule has 2 aromatic heterocycles. The van der Waals surface area contributed by atoms with Gasteiger partial charge in [-0.15, -0.1) is 0 Å². The van der Waals surface area contributed by atoms with E-state index < -0.39 is 0 Å². The standard InChI is InChI=1S/C9H4Cl3N3/c10-5-2-1-3-13-8(5)9-14-6(11)4-7(12)15-9/h1-4H. The van der Waals surface area contributed by atoms with E-state index in [9.17, 15) is 0 Å². The summed E-state index contributed by atoms with van der Waals surface area (Å²) in [6.07, 6.45) is 1.60. The fraction of sp³-hybridized carbons (Fsp3) is 0. The van der Waals surface area contributed by atoms with E-state index in [0.717, 1.165) is 0 Å². The second kappa shape index (κ2) is 4.31. The average Bonchev–Trinajstić information content (AvgIpc) is 2.16. The van der Waals surface area contributed by atoms with Gasteiger partial charge in [0.1, 0.15) is 16.0 Å². The number of nitrogens with zero attached hydrogens (tertiary/aromatic N) is 3. The molecule has 0 atom stereocenters. The van der Waals surface area contributed by atoms with E-state index in [4.69, 9.17) is 34.8 Å². The lowest BCUT2D eigenvalue weighted by atomic mass is 10.3. The first-order valence-electron chi connectivity index (χ1n) is 3.98. The lowest BCUT2D eigenvalue weighted by Gasteiger charge is -2.01. The van der Waals surface area contributed by atoms with Crippen molar-refractivity contribution in [2.75, 3.05) is 0 Å². The molecule has 0 saturated heterocycles. The van der Waals surface area contributed by atoms with Crippen molar-refractivity contribution >= 4 is 34.8 Å². The zero-order chi connectivity index (χ0) is 10.8. The van der Waals surface area contributed by atoms with Gasteiger partial charge in [0.15, 0.2) is 5.82 Å². The van der Waals surface area contributed by atoms with Gasteiger partial charge in [0, 0.05) is 12.3 Å². The molecule has 0 amide bonds. The Balaban J connectivity index is 2.59. The summed E-state index contributed by atoms with van der Waals surface area (Å²) in [6.45, 7) is 0. The third kappa shape index (κ3) is 2.37. The molecule has 0 spiro atoms. The van der Waals surface area contributed by atoms with Crippen LogP contribution in [0.2, 0.25) is 15.3 Å². The first kappa shape index (κ1) is 10.6. The van der Waals surface area contributed by atoms with Gasteiger partial charge in [-0.1, -0.05) is 34.8 Å². The summed E-state index contributed by atoms with van der Waals surface area (Å²) in [4.78, 5) is 12.0. The zero-order valence-corrected chi connectivity index (χ0v) is 9.55. The Morgan fingerprint density at radius 2 is 1.67 bits per heavy atom.